The van der Waals surface area contributed by atoms with Crippen LogP contribution in [0.4, 0.5) is 0 Å². The Kier molecular flexibility index (Phi) is 4.84. The summed E-state index contributed by atoms with van der Waals surface area (Å²) in [6.45, 7) is 1.61. The first-order chi connectivity index (χ1) is 12.7. The molecule has 1 aromatic heterocycles. The van der Waals surface area contributed by atoms with Crippen LogP contribution in [0, 0.1) is 0 Å². The highest BCUT2D eigenvalue weighted by atomic mass is 32.2. The number of hydrogen-bond donors (Lipinski definition) is 0. The van der Waals surface area contributed by atoms with E-state index in [1.165, 1.54) is 0 Å². The molecule has 26 heavy (non-hydrogen) atoms. The van der Waals surface area contributed by atoms with Crippen molar-refractivity contribution in [2.75, 3.05) is 31.7 Å². The number of ether oxygens (including phenoxy) is 1. The van der Waals surface area contributed by atoms with Crippen molar-refractivity contribution in [1.82, 2.24) is 9.88 Å². The van der Waals surface area contributed by atoms with E-state index in [0.29, 0.717) is 23.5 Å². The van der Waals surface area contributed by atoms with Crippen molar-refractivity contribution < 1.29 is 13.9 Å². The highest BCUT2D eigenvalue weighted by Gasteiger charge is 2.19. The molecular formula is C20H20N2O3S. The zero-order chi connectivity index (χ0) is 17.9. The quantitative estimate of drug-likeness (QED) is 0.704. The van der Waals surface area contributed by atoms with Gasteiger partial charge in [0.1, 0.15) is 11.3 Å². The average Bonchev–Trinajstić information content (AvgIpc) is 3.10. The number of thioether (sulfide) groups is 1. The number of benzene rings is 2. The Morgan fingerprint density at radius 2 is 1.96 bits per heavy atom. The maximum Gasteiger partial charge on any atom is 0.254 e. The normalized spacial score (nSPS) is 14.6. The van der Waals surface area contributed by atoms with Gasteiger partial charge in [0.05, 0.1) is 7.11 Å². The van der Waals surface area contributed by atoms with Crippen LogP contribution in [0.5, 0.6) is 5.75 Å². The van der Waals surface area contributed by atoms with Crippen LogP contribution >= 0.6 is 11.8 Å². The maximum absolute atomic E-state index is 12.6. The van der Waals surface area contributed by atoms with Crippen LogP contribution < -0.4 is 4.74 Å². The summed E-state index contributed by atoms with van der Waals surface area (Å²) in [5.74, 6) is 3.54. The van der Waals surface area contributed by atoms with Crippen molar-refractivity contribution >= 4 is 28.8 Å². The number of nitrogens with zero attached hydrogens (tertiary/aromatic N) is 2. The van der Waals surface area contributed by atoms with Gasteiger partial charge in [-0.2, -0.15) is 11.8 Å². The molecule has 134 valence electrons. The molecular weight excluding hydrogens is 348 g/mol. The van der Waals surface area contributed by atoms with Gasteiger partial charge in [-0.25, -0.2) is 4.98 Å². The molecule has 1 saturated heterocycles. The van der Waals surface area contributed by atoms with Crippen LogP contribution in [0.1, 0.15) is 21.8 Å². The Hall–Kier alpha value is -2.47. The van der Waals surface area contributed by atoms with Gasteiger partial charge >= 0.3 is 0 Å². The Labute approximate surface area is 156 Å². The molecule has 2 heterocycles. The van der Waals surface area contributed by atoms with Gasteiger partial charge in [-0.05, 0) is 35.9 Å². The lowest BCUT2D eigenvalue weighted by molar-refractivity contribution is 0.0772. The first-order valence-electron chi connectivity index (χ1n) is 8.62. The number of amides is 1. The minimum absolute atomic E-state index is 0.0697. The molecule has 0 radical (unpaired) electrons. The van der Waals surface area contributed by atoms with Crippen LogP contribution in [-0.4, -0.2) is 47.5 Å². The van der Waals surface area contributed by atoms with Gasteiger partial charge in [-0.3, -0.25) is 4.79 Å². The van der Waals surface area contributed by atoms with Gasteiger partial charge < -0.3 is 14.1 Å². The van der Waals surface area contributed by atoms with Gasteiger partial charge in [0.25, 0.3) is 5.91 Å². The first kappa shape index (κ1) is 17.0. The molecule has 1 aliphatic rings. The van der Waals surface area contributed by atoms with Crippen molar-refractivity contribution in [3.8, 4) is 5.75 Å². The SMILES string of the molecule is COc1ccc(Cc2nc3ccc(C(=O)N4CCSCC4)cc3o2)cc1. The summed E-state index contributed by atoms with van der Waals surface area (Å²) < 4.78 is 11.1. The predicted octanol–water partition coefficient (Wildman–Crippen LogP) is 3.62. The number of aromatic nitrogens is 1. The average molecular weight is 368 g/mol. The molecule has 0 atom stereocenters. The number of rotatable bonds is 4. The number of hydrogen-bond acceptors (Lipinski definition) is 5. The summed E-state index contributed by atoms with van der Waals surface area (Å²) in [5, 5.41) is 0. The summed E-state index contributed by atoms with van der Waals surface area (Å²) in [4.78, 5) is 19.1. The van der Waals surface area contributed by atoms with E-state index < -0.39 is 0 Å². The molecule has 6 heteroatoms. The first-order valence-corrected chi connectivity index (χ1v) is 9.78. The topological polar surface area (TPSA) is 55.6 Å². The maximum atomic E-state index is 12.6. The number of methoxy groups -OCH3 is 1. The monoisotopic (exact) mass is 368 g/mol. The Morgan fingerprint density at radius 3 is 2.69 bits per heavy atom. The minimum atomic E-state index is 0.0697. The largest absolute Gasteiger partial charge is 0.497 e. The summed E-state index contributed by atoms with van der Waals surface area (Å²) in [5.41, 5.74) is 3.20. The lowest BCUT2D eigenvalue weighted by atomic mass is 10.1. The third-order valence-corrected chi connectivity index (χ3v) is 5.43. The molecule has 5 nitrogen and oxygen atoms in total. The minimum Gasteiger partial charge on any atom is -0.497 e. The third-order valence-electron chi connectivity index (χ3n) is 4.49. The molecule has 0 bridgehead atoms. The van der Waals surface area contributed by atoms with Crippen molar-refractivity contribution in [2.45, 2.75) is 6.42 Å². The molecule has 1 fully saturated rings. The van der Waals surface area contributed by atoms with E-state index in [-0.39, 0.29) is 5.91 Å². The molecule has 3 aromatic rings. The number of carbonyl (C=O) groups excluding carboxylic acids is 1. The highest BCUT2D eigenvalue weighted by Crippen LogP contribution is 2.22. The molecule has 0 aliphatic carbocycles. The van der Waals surface area contributed by atoms with Gasteiger partial charge in [0.15, 0.2) is 11.5 Å². The predicted molar refractivity (Wildman–Crippen MR) is 103 cm³/mol. The second kappa shape index (κ2) is 7.41. The summed E-state index contributed by atoms with van der Waals surface area (Å²) in [6, 6.07) is 13.4. The standard InChI is InChI=1S/C20H20N2O3S/c1-24-16-5-2-14(3-6-16)12-19-21-17-7-4-15(13-18(17)25-19)20(23)22-8-10-26-11-9-22/h2-7,13H,8-12H2,1H3. The summed E-state index contributed by atoms with van der Waals surface area (Å²) in [6.07, 6.45) is 0.602. The van der Waals surface area contributed by atoms with E-state index in [1.807, 2.05) is 59.1 Å². The van der Waals surface area contributed by atoms with Crippen molar-refractivity contribution in [3.05, 3.63) is 59.5 Å². The molecule has 0 saturated carbocycles. The third kappa shape index (κ3) is 3.55. The van der Waals surface area contributed by atoms with E-state index in [0.717, 1.165) is 41.4 Å². The van der Waals surface area contributed by atoms with Crippen molar-refractivity contribution in [2.24, 2.45) is 0 Å². The second-order valence-electron chi connectivity index (χ2n) is 6.22. The van der Waals surface area contributed by atoms with Crippen molar-refractivity contribution in [3.63, 3.8) is 0 Å². The second-order valence-corrected chi connectivity index (χ2v) is 7.44. The molecule has 1 aliphatic heterocycles. The molecule has 0 N–H and O–H groups in total. The molecule has 1 amide bonds. The molecule has 0 spiro atoms. The van der Waals surface area contributed by atoms with Gasteiger partial charge in [-0.15, -0.1) is 0 Å². The van der Waals surface area contributed by atoms with Gasteiger partial charge in [-0.1, -0.05) is 12.1 Å². The highest BCUT2D eigenvalue weighted by molar-refractivity contribution is 7.99. The smallest absolute Gasteiger partial charge is 0.254 e. The van der Waals surface area contributed by atoms with Gasteiger partial charge in [0.2, 0.25) is 0 Å². The zero-order valence-electron chi connectivity index (χ0n) is 14.6. The Bertz CT molecular complexity index is 914. The lowest BCUT2D eigenvalue weighted by Gasteiger charge is -2.26. The zero-order valence-corrected chi connectivity index (χ0v) is 15.4. The fourth-order valence-corrected chi connectivity index (χ4v) is 3.95. The van der Waals surface area contributed by atoms with E-state index in [1.54, 1.807) is 7.11 Å². The summed E-state index contributed by atoms with van der Waals surface area (Å²) in [7, 11) is 1.65. The number of fused-ring (bicyclic) bond motifs is 1. The number of oxazole rings is 1. The van der Waals surface area contributed by atoms with Crippen LogP contribution in [0.3, 0.4) is 0 Å². The molecule has 0 unspecified atom stereocenters. The van der Waals surface area contributed by atoms with Gasteiger partial charge in [0, 0.05) is 36.6 Å². The Balaban J connectivity index is 1.54. The Morgan fingerprint density at radius 1 is 1.19 bits per heavy atom. The molecule has 4 rings (SSSR count). The van der Waals surface area contributed by atoms with Crippen LogP contribution in [0.25, 0.3) is 11.1 Å². The van der Waals surface area contributed by atoms with E-state index in [9.17, 15) is 4.79 Å². The fourth-order valence-electron chi connectivity index (χ4n) is 3.05. The van der Waals surface area contributed by atoms with Crippen LogP contribution in [0.15, 0.2) is 46.9 Å². The van der Waals surface area contributed by atoms with Crippen molar-refractivity contribution in [1.29, 1.82) is 0 Å². The lowest BCUT2D eigenvalue weighted by Crippen LogP contribution is -2.37. The number of carbonyl (C=O) groups is 1. The van der Waals surface area contributed by atoms with E-state index in [2.05, 4.69) is 4.98 Å². The van der Waals surface area contributed by atoms with Crippen LogP contribution in [0.2, 0.25) is 0 Å². The van der Waals surface area contributed by atoms with Crippen LogP contribution in [-0.2, 0) is 6.42 Å². The summed E-state index contributed by atoms with van der Waals surface area (Å²) >= 11 is 1.89. The van der Waals surface area contributed by atoms with E-state index >= 15 is 0 Å². The molecule has 2 aromatic carbocycles. The fraction of sp³-hybridized carbons (Fsp3) is 0.300. The van der Waals surface area contributed by atoms with E-state index in [4.69, 9.17) is 9.15 Å².